The Morgan fingerprint density at radius 2 is 2.06 bits per heavy atom. The van der Waals surface area contributed by atoms with Gasteiger partial charge in [-0.3, -0.25) is 0 Å². The average molecular weight is 304 g/mol. The number of nitrogen functional groups attached to an aromatic ring is 1. The number of nitrogens with two attached hydrogens (primary N) is 1. The molecular weight excluding hydrogens is 286 g/mol. The molecular formula is C11H18BrN3S. The molecule has 0 aliphatic heterocycles. The number of hydrogen-bond donors (Lipinski definition) is 1. The summed E-state index contributed by atoms with van der Waals surface area (Å²) in [5.74, 6) is 2.22. The van der Waals surface area contributed by atoms with Crippen molar-refractivity contribution in [3.8, 4) is 0 Å². The topological polar surface area (TPSA) is 51.8 Å². The van der Waals surface area contributed by atoms with Gasteiger partial charge in [0.1, 0.15) is 11.6 Å². The summed E-state index contributed by atoms with van der Waals surface area (Å²) in [7, 11) is 0. The van der Waals surface area contributed by atoms with Gasteiger partial charge in [0, 0.05) is 5.25 Å². The van der Waals surface area contributed by atoms with Crippen molar-refractivity contribution in [3.05, 3.63) is 16.0 Å². The molecule has 3 nitrogen and oxygen atoms in total. The van der Waals surface area contributed by atoms with Crippen LogP contribution in [0.15, 0.2) is 4.47 Å². The molecule has 5 heteroatoms. The van der Waals surface area contributed by atoms with Gasteiger partial charge >= 0.3 is 0 Å². The van der Waals surface area contributed by atoms with E-state index in [0.717, 1.165) is 34.6 Å². The van der Waals surface area contributed by atoms with Gasteiger partial charge in [-0.25, -0.2) is 9.97 Å². The van der Waals surface area contributed by atoms with Crippen LogP contribution in [0.2, 0.25) is 0 Å². The maximum absolute atomic E-state index is 5.83. The summed E-state index contributed by atoms with van der Waals surface area (Å²) in [6.07, 6.45) is 2.03. The lowest BCUT2D eigenvalue weighted by Gasteiger charge is -2.09. The van der Waals surface area contributed by atoms with E-state index < -0.39 is 0 Å². The number of halogens is 1. The molecule has 0 fully saturated rings. The normalized spacial score (nSPS) is 12.8. The fourth-order valence-electron chi connectivity index (χ4n) is 1.20. The van der Waals surface area contributed by atoms with Crippen LogP contribution in [-0.4, -0.2) is 15.2 Å². The molecule has 0 spiro atoms. The zero-order valence-electron chi connectivity index (χ0n) is 9.96. The molecule has 1 aromatic rings. The van der Waals surface area contributed by atoms with Gasteiger partial charge in [-0.1, -0.05) is 20.8 Å². The minimum Gasteiger partial charge on any atom is -0.383 e. The summed E-state index contributed by atoms with van der Waals surface area (Å²) in [5.41, 5.74) is 6.82. The largest absolute Gasteiger partial charge is 0.383 e. The molecule has 1 heterocycles. The number of nitrogens with zero attached hydrogens (tertiary/aromatic N) is 2. The van der Waals surface area contributed by atoms with E-state index in [0.29, 0.717) is 11.1 Å². The fraction of sp³-hybridized carbons (Fsp3) is 0.636. The monoisotopic (exact) mass is 303 g/mol. The van der Waals surface area contributed by atoms with Gasteiger partial charge in [0.2, 0.25) is 0 Å². The first kappa shape index (κ1) is 13.8. The predicted octanol–water partition coefficient (Wildman–Crippen LogP) is 3.42. The Bertz CT molecular complexity index is 357. The van der Waals surface area contributed by atoms with Crippen molar-refractivity contribution < 1.29 is 0 Å². The molecule has 0 aliphatic rings. The van der Waals surface area contributed by atoms with Crippen LogP contribution in [0.25, 0.3) is 0 Å². The highest BCUT2D eigenvalue weighted by Crippen LogP contribution is 2.24. The lowest BCUT2D eigenvalue weighted by Crippen LogP contribution is -2.05. The molecule has 1 rings (SSSR count). The summed E-state index contributed by atoms with van der Waals surface area (Å²) >= 11 is 5.28. The molecule has 0 saturated heterocycles. The Labute approximate surface area is 110 Å². The average Bonchev–Trinajstić information content (AvgIpc) is 2.29. The van der Waals surface area contributed by atoms with Crippen molar-refractivity contribution in [2.24, 2.45) is 0 Å². The Hall–Kier alpha value is -0.290. The van der Waals surface area contributed by atoms with Crippen LogP contribution < -0.4 is 5.73 Å². The lowest BCUT2D eigenvalue weighted by molar-refractivity contribution is 0.894. The number of aryl methyl sites for hydroxylation is 1. The second kappa shape index (κ2) is 6.45. The first-order valence-corrected chi connectivity index (χ1v) is 7.35. The van der Waals surface area contributed by atoms with Crippen LogP contribution in [-0.2, 0) is 12.2 Å². The van der Waals surface area contributed by atoms with E-state index in [1.807, 2.05) is 11.8 Å². The standard InChI is InChI=1S/C11H18BrN3S/c1-4-7(3)16-6-9-14-8(5-2)10(12)11(13)15-9/h7H,4-6H2,1-3H3,(H2,13,14,15). The molecule has 0 saturated carbocycles. The molecule has 2 N–H and O–H groups in total. The fourth-order valence-corrected chi connectivity index (χ4v) is 2.46. The van der Waals surface area contributed by atoms with Crippen molar-refractivity contribution in [1.29, 1.82) is 0 Å². The molecule has 1 unspecified atom stereocenters. The predicted molar refractivity (Wildman–Crippen MR) is 74.6 cm³/mol. The second-order valence-electron chi connectivity index (χ2n) is 3.67. The summed E-state index contributed by atoms with van der Waals surface area (Å²) in [6.45, 7) is 6.47. The summed E-state index contributed by atoms with van der Waals surface area (Å²) in [6, 6.07) is 0. The van der Waals surface area contributed by atoms with Crippen LogP contribution in [0, 0.1) is 0 Å². The molecule has 0 radical (unpaired) electrons. The molecule has 0 aromatic carbocycles. The number of aromatic nitrogens is 2. The van der Waals surface area contributed by atoms with E-state index in [-0.39, 0.29) is 0 Å². The molecule has 0 bridgehead atoms. The number of thioether (sulfide) groups is 1. The van der Waals surface area contributed by atoms with Gasteiger partial charge in [0.05, 0.1) is 15.9 Å². The van der Waals surface area contributed by atoms with Crippen LogP contribution >= 0.6 is 27.7 Å². The van der Waals surface area contributed by atoms with E-state index in [2.05, 4.69) is 46.7 Å². The first-order valence-electron chi connectivity index (χ1n) is 5.50. The molecule has 16 heavy (non-hydrogen) atoms. The van der Waals surface area contributed by atoms with Crippen LogP contribution in [0.3, 0.4) is 0 Å². The molecule has 90 valence electrons. The molecule has 0 aliphatic carbocycles. The van der Waals surface area contributed by atoms with Gasteiger partial charge in [-0.15, -0.1) is 0 Å². The van der Waals surface area contributed by atoms with Crippen molar-refractivity contribution in [3.63, 3.8) is 0 Å². The van der Waals surface area contributed by atoms with Crippen molar-refractivity contribution >= 4 is 33.5 Å². The zero-order chi connectivity index (χ0) is 12.1. The summed E-state index contributed by atoms with van der Waals surface area (Å²) in [4.78, 5) is 8.79. The highest BCUT2D eigenvalue weighted by molar-refractivity contribution is 9.10. The molecule has 1 aromatic heterocycles. The Morgan fingerprint density at radius 1 is 1.38 bits per heavy atom. The van der Waals surface area contributed by atoms with Crippen molar-refractivity contribution in [1.82, 2.24) is 9.97 Å². The van der Waals surface area contributed by atoms with E-state index in [1.165, 1.54) is 0 Å². The van der Waals surface area contributed by atoms with Gasteiger partial charge in [0.15, 0.2) is 0 Å². The van der Waals surface area contributed by atoms with Crippen molar-refractivity contribution in [2.75, 3.05) is 5.73 Å². The van der Waals surface area contributed by atoms with Crippen LogP contribution in [0.1, 0.15) is 38.7 Å². The minimum atomic E-state index is 0.548. The summed E-state index contributed by atoms with van der Waals surface area (Å²) in [5, 5.41) is 0.638. The van der Waals surface area contributed by atoms with Crippen molar-refractivity contribution in [2.45, 2.75) is 44.6 Å². The maximum atomic E-state index is 5.83. The number of hydrogen-bond acceptors (Lipinski definition) is 4. The van der Waals surface area contributed by atoms with E-state index in [4.69, 9.17) is 5.73 Å². The van der Waals surface area contributed by atoms with Crippen LogP contribution in [0.5, 0.6) is 0 Å². The second-order valence-corrected chi connectivity index (χ2v) is 5.89. The van der Waals surface area contributed by atoms with Gasteiger partial charge in [-0.2, -0.15) is 11.8 Å². The Kier molecular flexibility index (Phi) is 5.55. The summed E-state index contributed by atoms with van der Waals surface area (Å²) < 4.78 is 0.840. The van der Waals surface area contributed by atoms with E-state index in [1.54, 1.807) is 0 Å². The number of anilines is 1. The van der Waals surface area contributed by atoms with E-state index in [9.17, 15) is 0 Å². The highest BCUT2D eigenvalue weighted by Gasteiger charge is 2.09. The number of rotatable bonds is 5. The molecule has 1 atom stereocenters. The Balaban J connectivity index is 2.78. The van der Waals surface area contributed by atoms with Gasteiger partial charge in [-0.05, 0) is 28.8 Å². The lowest BCUT2D eigenvalue weighted by atomic mass is 10.3. The van der Waals surface area contributed by atoms with E-state index >= 15 is 0 Å². The van der Waals surface area contributed by atoms with Gasteiger partial charge in [0.25, 0.3) is 0 Å². The van der Waals surface area contributed by atoms with Crippen LogP contribution in [0.4, 0.5) is 5.82 Å². The maximum Gasteiger partial charge on any atom is 0.141 e. The third kappa shape index (κ3) is 3.63. The smallest absolute Gasteiger partial charge is 0.141 e. The minimum absolute atomic E-state index is 0.548. The third-order valence-electron chi connectivity index (χ3n) is 2.40. The zero-order valence-corrected chi connectivity index (χ0v) is 12.4. The molecule has 0 amide bonds. The Morgan fingerprint density at radius 3 is 2.62 bits per heavy atom. The first-order chi connectivity index (χ1) is 7.58. The quantitative estimate of drug-likeness (QED) is 0.905. The SMILES string of the molecule is CCc1nc(CSC(C)CC)nc(N)c1Br. The highest BCUT2D eigenvalue weighted by atomic mass is 79.9. The third-order valence-corrected chi connectivity index (χ3v) is 4.59. The van der Waals surface area contributed by atoms with Gasteiger partial charge < -0.3 is 5.73 Å².